The number of carbonyl (C=O) groups excluding carboxylic acids is 1. The molecule has 3 heteroatoms. The summed E-state index contributed by atoms with van der Waals surface area (Å²) in [6.45, 7) is 5.31. The topological polar surface area (TPSA) is 33.2 Å². The highest BCUT2D eigenvalue weighted by molar-refractivity contribution is 5.98. The van der Waals surface area contributed by atoms with Gasteiger partial charge in [-0.25, -0.2) is 0 Å². The molecule has 3 rings (SSSR count). The largest absolute Gasteiger partial charge is 0.299 e. The lowest BCUT2D eigenvalue weighted by Crippen LogP contribution is -2.18. The number of aromatic nitrogens is 1. The van der Waals surface area contributed by atoms with Crippen LogP contribution in [-0.4, -0.2) is 28.8 Å². The van der Waals surface area contributed by atoms with E-state index >= 15 is 0 Å². The zero-order chi connectivity index (χ0) is 15.4. The lowest BCUT2D eigenvalue weighted by atomic mass is 9.97. The van der Waals surface area contributed by atoms with Gasteiger partial charge in [0.2, 0.25) is 0 Å². The molecule has 0 N–H and O–H groups in total. The Bertz CT molecular complexity index is 646. The van der Waals surface area contributed by atoms with Crippen molar-refractivity contribution in [2.45, 2.75) is 32.7 Å². The molecule has 0 unspecified atom stereocenters. The van der Waals surface area contributed by atoms with E-state index in [4.69, 9.17) is 0 Å². The van der Waals surface area contributed by atoms with Crippen LogP contribution in [0.4, 0.5) is 0 Å². The van der Waals surface area contributed by atoms with Gasteiger partial charge < -0.3 is 0 Å². The normalized spacial score (nSPS) is 15.1. The molecular formula is C19H22N2O. The van der Waals surface area contributed by atoms with Crippen LogP contribution >= 0.6 is 0 Å². The Morgan fingerprint density at radius 3 is 2.73 bits per heavy atom. The molecule has 2 aromatic rings. The summed E-state index contributed by atoms with van der Waals surface area (Å²) in [7, 11) is 0. The molecule has 0 amide bonds. The van der Waals surface area contributed by atoms with Gasteiger partial charge in [-0.2, -0.15) is 0 Å². The monoisotopic (exact) mass is 294 g/mol. The fourth-order valence-electron chi connectivity index (χ4n) is 3.05. The lowest BCUT2D eigenvalue weighted by molar-refractivity contribution is 0.0992. The molecule has 1 aromatic heterocycles. The van der Waals surface area contributed by atoms with Gasteiger partial charge in [0, 0.05) is 30.9 Å². The first-order valence-corrected chi connectivity index (χ1v) is 7.96. The van der Waals surface area contributed by atoms with Crippen molar-refractivity contribution in [2.24, 2.45) is 0 Å². The number of nitrogens with zero attached hydrogens (tertiary/aromatic N) is 2. The molecule has 1 aromatic carbocycles. The zero-order valence-corrected chi connectivity index (χ0v) is 13.1. The Kier molecular flexibility index (Phi) is 4.64. The van der Waals surface area contributed by atoms with Crippen LogP contribution in [0, 0.1) is 6.92 Å². The van der Waals surface area contributed by atoms with Crippen LogP contribution in [0.3, 0.4) is 0 Å². The van der Waals surface area contributed by atoms with E-state index in [-0.39, 0.29) is 5.78 Å². The second kappa shape index (κ2) is 6.84. The third kappa shape index (κ3) is 3.60. The van der Waals surface area contributed by atoms with Gasteiger partial charge in [-0.3, -0.25) is 14.7 Å². The number of rotatable bonds is 5. The van der Waals surface area contributed by atoms with Gasteiger partial charge in [-0.15, -0.1) is 0 Å². The van der Waals surface area contributed by atoms with Gasteiger partial charge in [-0.05, 0) is 61.7 Å². The quantitative estimate of drug-likeness (QED) is 0.792. The van der Waals surface area contributed by atoms with Crippen molar-refractivity contribution < 1.29 is 4.79 Å². The van der Waals surface area contributed by atoms with E-state index in [0.717, 1.165) is 23.2 Å². The van der Waals surface area contributed by atoms with Crippen LogP contribution in [0.1, 0.15) is 39.9 Å². The molecule has 1 fully saturated rings. The molecule has 1 aliphatic heterocycles. The minimum absolute atomic E-state index is 0.175. The van der Waals surface area contributed by atoms with Crippen molar-refractivity contribution in [1.82, 2.24) is 9.88 Å². The molecule has 3 nitrogen and oxygen atoms in total. The minimum atomic E-state index is 0.175. The van der Waals surface area contributed by atoms with Crippen LogP contribution in [0.5, 0.6) is 0 Å². The van der Waals surface area contributed by atoms with Crippen LogP contribution in [-0.2, 0) is 13.0 Å². The van der Waals surface area contributed by atoms with E-state index in [9.17, 15) is 4.79 Å². The Labute approximate surface area is 132 Å². The van der Waals surface area contributed by atoms with Gasteiger partial charge in [0.25, 0.3) is 0 Å². The second-order valence-electron chi connectivity index (χ2n) is 6.09. The van der Waals surface area contributed by atoms with Crippen LogP contribution in [0.2, 0.25) is 0 Å². The first-order chi connectivity index (χ1) is 10.7. The fraction of sp³-hybridized carbons (Fsp3) is 0.368. The maximum absolute atomic E-state index is 12.6. The number of hydrogen-bond donors (Lipinski definition) is 0. The average Bonchev–Trinajstić information content (AvgIpc) is 3.03. The molecule has 1 saturated heterocycles. The van der Waals surface area contributed by atoms with Gasteiger partial charge in [0.05, 0.1) is 0 Å². The highest BCUT2D eigenvalue weighted by atomic mass is 16.1. The number of likely N-dealkylation sites (tertiary alicyclic amines) is 1. The van der Waals surface area contributed by atoms with E-state index in [1.807, 2.05) is 19.1 Å². The standard InChI is InChI=1S/C19H22N2O/c1-15-6-7-17(14-21-9-2-3-10-21)11-18(15)19(22)12-16-5-4-8-20-13-16/h4-8,11,13H,2-3,9-10,12,14H2,1H3. The number of Topliss-reactive ketones (excluding diaryl/α,β-unsaturated/α-hetero) is 1. The van der Waals surface area contributed by atoms with Gasteiger partial charge in [0.15, 0.2) is 5.78 Å². The SMILES string of the molecule is Cc1ccc(CN2CCCC2)cc1C(=O)Cc1cccnc1. The smallest absolute Gasteiger partial charge is 0.167 e. The number of pyridine rings is 1. The Balaban J connectivity index is 1.75. The summed E-state index contributed by atoms with van der Waals surface area (Å²) in [5, 5.41) is 0. The zero-order valence-electron chi connectivity index (χ0n) is 13.1. The van der Waals surface area contributed by atoms with Crippen molar-refractivity contribution in [3.63, 3.8) is 0 Å². The average molecular weight is 294 g/mol. The van der Waals surface area contributed by atoms with Gasteiger partial charge in [0.1, 0.15) is 0 Å². The van der Waals surface area contributed by atoms with E-state index in [0.29, 0.717) is 6.42 Å². The maximum Gasteiger partial charge on any atom is 0.167 e. The van der Waals surface area contributed by atoms with E-state index in [1.165, 1.54) is 31.5 Å². The first-order valence-electron chi connectivity index (χ1n) is 7.96. The summed E-state index contributed by atoms with van der Waals surface area (Å²) in [6, 6.07) is 10.1. The molecule has 0 bridgehead atoms. The van der Waals surface area contributed by atoms with E-state index < -0.39 is 0 Å². The number of hydrogen-bond acceptors (Lipinski definition) is 3. The van der Waals surface area contributed by atoms with Crippen LogP contribution < -0.4 is 0 Å². The van der Waals surface area contributed by atoms with Crippen LogP contribution in [0.25, 0.3) is 0 Å². The summed E-state index contributed by atoms with van der Waals surface area (Å²) in [5.41, 5.74) is 4.11. The number of ketones is 1. The molecule has 1 aliphatic rings. The van der Waals surface area contributed by atoms with Crippen molar-refractivity contribution in [2.75, 3.05) is 13.1 Å². The molecule has 0 radical (unpaired) electrons. The van der Waals surface area contributed by atoms with Crippen LogP contribution in [0.15, 0.2) is 42.7 Å². The van der Waals surface area contributed by atoms with Crippen molar-refractivity contribution in [3.05, 3.63) is 65.0 Å². The predicted octanol–water partition coefficient (Wildman–Crippen LogP) is 3.41. The third-order valence-corrected chi connectivity index (χ3v) is 4.29. The Hall–Kier alpha value is -2.00. The van der Waals surface area contributed by atoms with Gasteiger partial charge >= 0.3 is 0 Å². The number of benzene rings is 1. The molecule has 0 spiro atoms. The predicted molar refractivity (Wildman–Crippen MR) is 88.0 cm³/mol. The summed E-state index contributed by atoms with van der Waals surface area (Å²) >= 11 is 0. The molecule has 0 atom stereocenters. The molecular weight excluding hydrogens is 272 g/mol. The number of aryl methyl sites for hydroxylation is 1. The third-order valence-electron chi connectivity index (χ3n) is 4.29. The summed E-state index contributed by atoms with van der Waals surface area (Å²) in [6.07, 6.45) is 6.50. The summed E-state index contributed by atoms with van der Waals surface area (Å²) in [5.74, 6) is 0.175. The molecule has 22 heavy (non-hydrogen) atoms. The molecule has 2 heterocycles. The van der Waals surface area contributed by atoms with Crippen molar-refractivity contribution in [3.8, 4) is 0 Å². The second-order valence-corrected chi connectivity index (χ2v) is 6.09. The first kappa shape index (κ1) is 14.9. The van der Waals surface area contributed by atoms with Gasteiger partial charge in [-0.1, -0.05) is 18.2 Å². The fourth-order valence-corrected chi connectivity index (χ4v) is 3.05. The molecule has 0 aliphatic carbocycles. The Morgan fingerprint density at radius 1 is 1.18 bits per heavy atom. The number of carbonyl (C=O) groups is 1. The highest BCUT2D eigenvalue weighted by Gasteiger charge is 2.14. The minimum Gasteiger partial charge on any atom is -0.299 e. The summed E-state index contributed by atoms with van der Waals surface area (Å²) < 4.78 is 0. The highest BCUT2D eigenvalue weighted by Crippen LogP contribution is 2.18. The summed E-state index contributed by atoms with van der Waals surface area (Å²) in [4.78, 5) is 19.1. The van der Waals surface area contributed by atoms with E-state index in [2.05, 4.69) is 28.1 Å². The molecule has 0 saturated carbocycles. The molecule has 114 valence electrons. The lowest BCUT2D eigenvalue weighted by Gasteiger charge is -2.16. The van der Waals surface area contributed by atoms with Crippen molar-refractivity contribution >= 4 is 5.78 Å². The van der Waals surface area contributed by atoms with Crippen molar-refractivity contribution in [1.29, 1.82) is 0 Å². The Morgan fingerprint density at radius 2 is 2.00 bits per heavy atom. The maximum atomic E-state index is 12.6. The van der Waals surface area contributed by atoms with E-state index in [1.54, 1.807) is 12.4 Å².